The summed E-state index contributed by atoms with van der Waals surface area (Å²) < 4.78 is 52.8. The number of nitrogens with zero attached hydrogens (tertiary/aromatic N) is 1. The molecule has 2 unspecified atom stereocenters. The summed E-state index contributed by atoms with van der Waals surface area (Å²) in [7, 11) is -3.74. The Morgan fingerprint density at radius 2 is 2.19 bits per heavy atom. The number of sulfonamides is 1. The van der Waals surface area contributed by atoms with Gasteiger partial charge in [-0.1, -0.05) is 6.92 Å². The zero-order valence-electron chi connectivity index (χ0n) is 15.5. The molecule has 3 rings (SSSR count). The largest absolute Gasteiger partial charge is 0.490 e. The van der Waals surface area contributed by atoms with Crippen molar-refractivity contribution in [1.82, 2.24) is 9.62 Å². The lowest BCUT2D eigenvalue weighted by Gasteiger charge is -2.27. The van der Waals surface area contributed by atoms with E-state index in [0.717, 1.165) is 25.5 Å². The third-order valence-electron chi connectivity index (χ3n) is 4.89. The molecular weight excluding hydrogens is 395 g/mol. The first-order valence-corrected chi connectivity index (χ1v) is 10.7. The minimum atomic E-state index is -3.74. The Balaban J connectivity index is 0.00000261. The number of hydrogen-bond acceptors (Lipinski definition) is 5. The van der Waals surface area contributed by atoms with Crippen LogP contribution >= 0.6 is 12.4 Å². The first kappa shape index (κ1) is 22.4. The van der Waals surface area contributed by atoms with Gasteiger partial charge in [0.2, 0.25) is 10.0 Å². The summed E-state index contributed by atoms with van der Waals surface area (Å²) in [5.41, 5.74) is 0. The van der Waals surface area contributed by atoms with Crippen LogP contribution in [0.3, 0.4) is 0 Å². The molecule has 1 aromatic carbocycles. The standard InChI is InChI=1S/C18H27FN2O4S.ClH/c1-2-8-21(15-5-7-20-11-15)26(22,23)16-3-4-18(17(19)10-16)25-13-14-6-9-24-12-14;/h3-4,10,14-15,20H,2,5-9,11-13H2,1H3;1H. The van der Waals surface area contributed by atoms with Gasteiger partial charge < -0.3 is 14.8 Å². The van der Waals surface area contributed by atoms with Crippen LogP contribution in [-0.2, 0) is 14.8 Å². The second kappa shape index (κ2) is 10.0. The first-order chi connectivity index (χ1) is 12.5. The van der Waals surface area contributed by atoms with Gasteiger partial charge in [0.1, 0.15) is 0 Å². The van der Waals surface area contributed by atoms with Crippen LogP contribution < -0.4 is 10.1 Å². The van der Waals surface area contributed by atoms with Crippen molar-refractivity contribution in [2.45, 2.75) is 37.1 Å². The van der Waals surface area contributed by atoms with Gasteiger partial charge in [0.25, 0.3) is 0 Å². The monoisotopic (exact) mass is 422 g/mol. The Kier molecular flexibility index (Phi) is 8.30. The summed E-state index contributed by atoms with van der Waals surface area (Å²) in [4.78, 5) is -0.0214. The van der Waals surface area contributed by atoms with Gasteiger partial charge >= 0.3 is 0 Å². The molecule has 2 aliphatic heterocycles. The molecule has 2 aliphatic rings. The van der Waals surface area contributed by atoms with Crippen molar-refractivity contribution >= 4 is 22.4 Å². The van der Waals surface area contributed by atoms with Crippen molar-refractivity contribution in [2.24, 2.45) is 5.92 Å². The smallest absolute Gasteiger partial charge is 0.243 e. The molecule has 2 saturated heterocycles. The van der Waals surface area contributed by atoms with Gasteiger partial charge in [-0.05, 0) is 44.0 Å². The molecule has 0 radical (unpaired) electrons. The normalized spacial score (nSPS) is 22.8. The van der Waals surface area contributed by atoms with E-state index in [0.29, 0.717) is 39.3 Å². The fourth-order valence-electron chi connectivity index (χ4n) is 3.42. The number of halogens is 2. The van der Waals surface area contributed by atoms with Gasteiger partial charge in [0.15, 0.2) is 11.6 Å². The van der Waals surface area contributed by atoms with E-state index in [1.807, 2.05) is 6.92 Å². The quantitative estimate of drug-likeness (QED) is 0.696. The number of benzene rings is 1. The molecule has 2 heterocycles. The molecule has 6 nitrogen and oxygen atoms in total. The van der Waals surface area contributed by atoms with E-state index in [1.54, 1.807) is 0 Å². The van der Waals surface area contributed by atoms with E-state index in [9.17, 15) is 12.8 Å². The van der Waals surface area contributed by atoms with Gasteiger partial charge in [0.05, 0.1) is 18.1 Å². The number of rotatable bonds is 8. The summed E-state index contributed by atoms with van der Waals surface area (Å²) in [6.07, 6.45) is 2.38. The third kappa shape index (κ3) is 5.32. The average Bonchev–Trinajstić information content (AvgIpc) is 3.32. The van der Waals surface area contributed by atoms with Crippen LogP contribution in [0.25, 0.3) is 0 Å². The van der Waals surface area contributed by atoms with E-state index >= 15 is 0 Å². The van der Waals surface area contributed by atoms with Crippen LogP contribution in [0.1, 0.15) is 26.2 Å². The highest BCUT2D eigenvalue weighted by Crippen LogP contribution is 2.27. The molecule has 27 heavy (non-hydrogen) atoms. The van der Waals surface area contributed by atoms with Gasteiger partial charge in [-0.2, -0.15) is 4.31 Å². The Morgan fingerprint density at radius 3 is 2.78 bits per heavy atom. The molecule has 2 fully saturated rings. The van der Waals surface area contributed by atoms with Crippen LogP contribution in [0.2, 0.25) is 0 Å². The number of ether oxygens (including phenoxy) is 2. The highest BCUT2D eigenvalue weighted by molar-refractivity contribution is 7.89. The lowest BCUT2D eigenvalue weighted by molar-refractivity contribution is 0.165. The maximum absolute atomic E-state index is 14.4. The Hall–Kier alpha value is -0.930. The average molecular weight is 423 g/mol. The molecule has 0 amide bonds. The molecule has 0 aromatic heterocycles. The Labute approximate surface area is 166 Å². The summed E-state index contributed by atoms with van der Waals surface area (Å²) >= 11 is 0. The van der Waals surface area contributed by atoms with Crippen LogP contribution in [0.15, 0.2) is 23.1 Å². The molecule has 1 aromatic rings. The van der Waals surface area contributed by atoms with E-state index in [1.165, 1.54) is 16.4 Å². The molecule has 154 valence electrons. The van der Waals surface area contributed by atoms with Crippen LogP contribution in [0.4, 0.5) is 4.39 Å². The van der Waals surface area contributed by atoms with Gasteiger partial charge in [-0.3, -0.25) is 0 Å². The summed E-state index contributed by atoms with van der Waals surface area (Å²) in [5.74, 6) is -0.306. The second-order valence-electron chi connectivity index (χ2n) is 6.90. The summed E-state index contributed by atoms with van der Waals surface area (Å²) in [5, 5.41) is 3.19. The van der Waals surface area contributed by atoms with E-state index in [4.69, 9.17) is 9.47 Å². The van der Waals surface area contributed by atoms with E-state index in [2.05, 4.69) is 5.32 Å². The minimum absolute atomic E-state index is 0. The SMILES string of the molecule is CCCN(C1CCNC1)S(=O)(=O)c1ccc(OCC2CCOC2)c(F)c1.Cl. The molecule has 0 bridgehead atoms. The van der Waals surface area contributed by atoms with Crippen molar-refractivity contribution in [2.75, 3.05) is 39.5 Å². The fourth-order valence-corrected chi connectivity index (χ4v) is 5.18. The predicted octanol–water partition coefficient (Wildman–Crippen LogP) is 2.43. The second-order valence-corrected chi connectivity index (χ2v) is 8.79. The summed E-state index contributed by atoms with van der Waals surface area (Å²) in [6.45, 7) is 5.50. The molecule has 0 saturated carbocycles. The van der Waals surface area contributed by atoms with E-state index < -0.39 is 15.8 Å². The molecule has 0 spiro atoms. The maximum Gasteiger partial charge on any atom is 0.243 e. The van der Waals surface area contributed by atoms with Crippen LogP contribution in [0, 0.1) is 11.7 Å². The zero-order valence-corrected chi connectivity index (χ0v) is 17.2. The number of hydrogen-bond donors (Lipinski definition) is 1. The third-order valence-corrected chi connectivity index (χ3v) is 6.84. The maximum atomic E-state index is 14.4. The van der Waals surface area contributed by atoms with Crippen LogP contribution in [0.5, 0.6) is 5.75 Å². The Bertz CT molecular complexity index is 707. The number of nitrogens with one attached hydrogen (secondary N) is 1. The van der Waals surface area contributed by atoms with Crippen molar-refractivity contribution in [3.8, 4) is 5.75 Å². The first-order valence-electron chi connectivity index (χ1n) is 9.25. The zero-order chi connectivity index (χ0) is 18.6. The summed E-state index contributed by atoms with van der Waals surface area (Å²) in [6, 6.07) is 3.83. The topological polar surface area (TPSA) is 67.9 Å². The van der Waals surface area contributed by atoms with E-state index in [-0.39, 0.29) is 35.0 Å². The molecule has 2 atom stereocenters. The molecular formula is C18H28ClFN2O4S. The van der Waals surface area contributed by atoms with Gasteiger partial charge in [0, 0.05) is 31.7 Å². The molecule has 1 N–H and O–H groups in total. The van der Waals surface area contributed by atoms with Gasteiger partial charge in [-0.25, -0.2) is 12.8 Å². The highest BCUT2D eigenvalue weighted by Gasteiger charge is 2.33. The lowest BCUT2D eigenvalue weighted by atomic mass is 10.1. The van der Waals surface area contributed by atoms with Crippen molar-refractivity contribution in [3.63, 3.8) is 0 Å². The minimum Gasteiger partial charge on any atom is -0.490 e. The lowest BCUT2D eigenvalue weighted by Crippen LogP contribution is -2.42. The highest BCUT2D eigenvalue weighted by atomic mass is 35.5. The molecule has 9 heteroatoms. The van der Waals surface area contributed by atoms with Crippen molar-refractivity contribution in [1.29, 1.82) is 0 Å². The Morgan fingerprint density at radius 1 is 1.37 bits per heavy atom. The van der Waals surface area contributed by atoms with Crippen LogP contribution in [-0.4, -0.2) is 58.2 Å². The molecule has 0 aliphatic carbocycles. The van der Waals surface area contributed by atoms with Gasteiger partial charge in [-0.15, -0.1) is 12.4 Å². The predicted molar refractivity (Wildman–Crippen MR) is 104 cm³/mol. The van der Waals surface area contributed by atoms with Crippen molar-refractivity contribution in [3.05, 3.63) is 24.0 Å². The van der Waals surface area contributed by atoms with Crippen molar-refractivity contribution < 1.29 is 22.3 Å². The fraction of sp³-hybridized carbons (Fsp3) is 0.667.